The second-order valence-corrected chi connectivity index (χ2v) is 8.81. The summed E-state index contributed by atoms with van der Waals surface area (Å²) in [7, 11) is 2.85. The first kappa shape index (κ1) is 30.1. The highest BCUT2D eigenvalue weighted by Gasteiger charge is 2.15. The molecule has 0 fully saturated rings. The van der Waals surface area contributed by atoms with Crippen LogP contribution >= 0.6 is 0 Å². The monoisotopic (exact) mass is 578 g/mol. The van der Waals surface area contributed by atoms with Crippen LogP contribution in [0.5, 0.6) is 23.0 Å². The standard InChI is InChI=1S/C33H26N2O8/c1-40-30-19-22(11-15-28(30)42-32(38)26-7-3-5-17-34-26)9-13-24(36)21-25(37)14-10-23-12-16-29(31(20-23)41-2)43-33(39)27-8-4-6-18-35-27/h3-20H,21H2,1-2H3/b13-9+,14-10+. The average Bonchev–Trinajstić information content (AvgIpc) is 3.04. The maximum absolute atomic E-state index is 12.4. The van der Waals surface area contributed by atoms with Gasteiger partial charge >= 0.3 is 11.9 Å². The van der Waals surface area contributed by atoms with Gasteiger partial charge in [-0.1, -0.05) is 36.4 Å². The zero-order valence-corrected chi connectivity index (χ0v) is 23.3. The number of allylic oxidation sites excluding steroid dienone is 2. The highest BCUT2D eigenvalue weighted by molar-refractivity contribution is 6.11. The van der Waals surface area contributed by atoms with E-state index in [0.29, 0.717) is 11.1 Å². The minimum atomic E-state index is -0.637. The van der Waals surface area contributed by atoms with Crippen molar-refractivity contribution in [2.75, 3.05) is 14.2 Å². The predicted octanol–water partition coefficient (Wildman–Crippen LogP) is 5.19. The fourth-order valence-electron chi connectivity index (χ4n) is 3.68. The van der Waals surface area contributed by atoms with Crippen molar-refractivity contribution in [2.45, 2.75) is 6.42 Å². The molecule has 4 aromatic rings. The smallest absolute Gasteiger partial charge is 0.362 e. The van der Waals surface area contributed by atoms with Crippen LogP contribution < -0.4 is 18.9 Å². The number of aromatic nitrogens is 2. The number of esters is 2. The Kier molecular flexibility index (Phi) is 10.2. The van der Waals surface area contributed by atoms with Crippen LogP contribution in [0.3, 0.4) is 0 Å². The number of ketones is 2. The molecule has 0 aliphatic heterocycles. The van der Waals surface area contributed by atoms with Crippen LogP contribution in [0.2, 0.25) is 0 Å². The van der Waals surface area contributed by atoms with Crippen molar-refractivity contribution in [1.82, 2.24) is 9.97 Å². The Morgan fingerprint density at radius 1 is 0.605 bits per heavy atom. The van der Waals surface area contributed by atoms with Gasteiger partial charge in [-0.3, -0.25) is 9.59 Å². The minimum Gasteiger partial charge on any atom is -0.493 e. The first-order valence-electron chi connectivity index (χ1n) is 12.9. The normalized spacial score (nSPS) is 10.8. The molecule has 2 heterocycles. The fourth-order valence-corrected chi connectivity index (χ4v) is 3.68. The van der Waals surface area contributed by atoms with Crippen molar-refractivity contribution in [2.24, 2.45) is 0 Å². The lowest BCUT2D eigenvalue weighted by molar-refractivity contribution is -0.121. The van der Waals surface area contributed by atoms with Gasteiger partial charge in [-0.25, -0.2) is 19.6 Å². The topological polar surface area (TPSA) is 131 Å². The molecule has 216 valence electrons. The molecule has 0 saturated heterocycles. The molecule has 0 radical (unpaired) electrons. The molecular weight excluding hydrogens is 552 g/mol. The molecule has 0 aliphatic carbocycles. The number of benzene rings is 2. The van der Waals surface area contributed by atoms with Crippen molar-refractivity contribution in [1.29, 1.82) is 0 Å². The van der Waals surface area contributed by atoms with E-state index in [-0.39, 0.29) is 40.8 Å². The SMILES string of the molecule is COc1cc(/C=C/C(=O)CC(=O)/C=C/c2ccc(OC(=O)c3ccccn3)c(OC)c2)ccc1OC(=O)c1ccccn1. The summed E-state index contributed by atoms with van der Waals surface area (Å²) in [5.74, 6) is -1.14. The summed E-state index contributed by atoms with van der Waals surface area (Å²) in [4.78, 5) is 57.3. The van der Waals surface area contributed by atoms with Crippen LogP contribution in [0.1, 0.15) is 38.5 Å². The van der Waals surface area contributed by atoms with E-state index >= 15 is 0 Å². The number of carbonyl (C=O) groups is 4. The van der Waals surface area contributed by atoms with E-state index in [4.69, 9.17) is 18.9 Å². The molecule has 43 heavy (non-hydrogen) atoms. The second kappa shape index (κ2) is 14.6. The third kappa shape index (κ3) is 8.54. The molecule has 0 saturated carbocycles. The predicted molar refractivity (Wildman–Crippen MR) is 157 cm³/mol. The molecule has 0 aliphatic rings. The van der Waals surface area contributed by atoms with Gasteiger partial charge in [0, 0.05) is 12.4 Å². The van der Waals surface area contributed by atoms with Crippen LogP contribution in [-0.4, -0.2) is 47.7 Å². The minimum absolute atomic E-state index is 0.149. The van der Waals surface area contributed by atoms with Gasteiger partial charge in [0.2, 0.25) is 0 Å². The Balaban J connectivity index is 1.33. The highest BCUT2D eigenvalue weighted by atomic mass is 16.6. The Hall–Kier alpha value is -5.90. The van der Waals surface area contributed by atoms with E-state index < -0.39 is 23.5 Å². The maximum atomic E-state index is 12.4. The van der Waals surface area contributed by atoms with Crippen molar-refractivity contribution in [3.63, 3.8) is 0 Å². The first-order chi connectivity index (χ1) is 20.9. The number of hydrogen-bond donors (Lipinski definition) is 0. The van der Waals surface area contributed by atoms with Gasteiger partial charge < -0.3 is 18.9 Å². The Labute approximate surface area is 247 Å². The summed E-state index contributed by atoms with van der Waals surface area (Å²) >= 11 is 0. The Morgan fingerprint density at radius 3 is 1.42 bits per heavy atom. The number of pyridine rings is 2. The summed E-state index contributed by atoms with van der Waals surface area (Å²) in [6.07, 6.45) is 8.26. The quantitative estimate of drug-likeness (QED) is 0.0958. The molecule has 0 N–H and O–H groups in total. The van der Waals surface area contributed by atoms with Gasteiger partial charge in [0.25, 0.3) is 0 Å². The van der Waals surface area contributed by atoms with Gasteiger partial charge in [0.15, 0.2) is 34.6 Å². The van der Waals surface area contributed by atoms with E-state index in [1.54, 1.807) is 48.5 Å². The lowest BCUT2D eigenvalue weighted by Crippen LogP contribution is -2.10. The van der Waals surface area contributed by atoms with Crippen molar-refractivity contribution in [3.8, 4) is 23.0 Å². The van der Waals surface area contributed by atoms with Crippen LogP contribution in [0.15, 0.2) is 97.3 Å². The average molecular weight is 579 g/mol. The highest BCUT2D eigenvalue weighted by Crippen LogP contribution is 2.30. The van der Waals surface area contributed by atoms with Crippen LogP contribution in [0.25, 0.3) is 12.2 Å². The molecule has 0 amide bonds. The molecule has 10 heteroatoms. The first-order valence-corrected chi connectivity index (χ1v) is 12.9. The summed E-state index contributed by atoms with van der Waals surface area (Å²) in [5.41, 5.74) is 1.50. The van der Waals surface area contributed by atoms with Crippen molar-refractivity contribution < 1.29 is 38.1 Å². The van der Waals surface area contributed by atoms with E-state index in [1.165, 1.54) is 75.2 Å². The molecular formula is C33H26N2O8. The van der Waals surface area contributed by atoms with Gasteiger partial charge in [-0.05, 0) is 71.8 Å². The summed E-state index contributed by atoms with van der Waals surface area (Å²) < 4.78 is 21.4. The molecule has 2 aromatic heterocycles. The van der Waals surface area contributed by atoms with Gasteiger partial charge in [0.05, 0.1) is 20.6 Å². The van der Waals surface area contributed by atoms with Crippen molar-refractivity contribution >= 4 is 35.7 Å². The molecule has 0 spiro atoms. The zero-order chi connectivity index (χ0) is 30.6. The molecule has 10 nitrogen and oxygen atoms in total. The summed E-state index contributed by atoms with van der Waals surface area (Å²) in [5, 5.41) is 0. The van der Waals surface area contributed by atoms with E-state index in [0.717, 1.165) is 0 Å². The van der Waals surface area contributed by atoms with Gasteiger partial charge in [-0.2, -0.15) is 0 Å². The number of ether oxygens (including phenoxy) is 4. The lowest BCUT2D eigenvalue weighted by Gasteiger charge is -2.09. The number of carbonyl (C=O) groups excluding carboxylic acids is 4. The summed E-state index contributed by atoms with van der Waals surface area (Å²) in [6, 6.07) is 19.3. The van der Waals surface area contributed by atoms with Crippen molar-refractivity contribution in [3.05, 3.63) is 120 Å². The Bertz CT molecular complexity index is 1560. The van der Waals surface area contributed by atoms with E-state index in [9.17, 15) is 19.2 Å². The molecule has 0 unspecified atom stereocenters. The van der Waals surface area contributed by atoms with Gasteiger partial charge in [0.1, 0.15) is 11.4 Å². The largest absolute Gasteiger partial charge is 0.493 e. The molecule has 0 atom stereocenters. The number of rotatable bonds is 12. The molecule has 4 rings (SSSR count). The maximum Gasteiger partial charge on any atom is 0.362 e. The molecule has 0 bridgehead atoms. The molecule has 2 aromatic carbocycles. The Morgan fingerprint density at radius 2 is 1.05 bits per heavy atom. The van der Waals surface area contributed by atoms with Crippen LogP contribution in [0.4, 0.5) is 0 Å². The second-order valence-electron chi connectivity index (χ2n) is 8.81. The third-order valence-electron chi connectivity index (χ3n) is 5.80. The third-order valence-corrected chi connectivity index (χ3v) is 5.80. The number of nitrogens with zero attached hydrogens (tertiary/aromatic N) is 2. The number of methoxy groups -OCH3 is 2. The van der Waals surface area contributed by atoms with Crippen LogP contribution in [-0.2, 0) is 9.59 Å². The van der Waals surface area contributed by atoms with Crippen LogP contribution in [0, 0.1) is 0 Å². The fraction of sp³-hybridized carbons (Fsp3) is 0.0909. The van der Waals surface area contributed by atoms with E-state index in [2.05, 4.69) is 9.97 Å². The van der Waals surface area contributed by atoms with E-state index in [1.807, 2.05) is 0 Å². The number of hydrogen-bond acceptors (Lipinski definition) is 10. The zero-order valence-electron chi connectivity index (χ0n) is 23.3. The van der Waals surface area contributed by atoms with Gasteiger partial charge in [-0.15, -0.1) is 0 Å². The summed E-state index contributed by atoms with van der Waals surface area (Å²) in [6.45, 7) is 0. The lowest BCUT2D eigenvalue weighted by atomic mass is 10.1.